The van der Waals surface area contributed by atoms with Crippen LogP contribution in [0.5, 0.6) is 0 Å². The van der Waals surface area contributed by atoms with E-state index in [1.807, 2.05) is 24.3 Å². The number of carbonyl (C=O) groups excluding carboxylic acids is 2. The number of aliphatic hydroxyl groups excluding tert-OH is 1. The van der Waals surface area contributed by atoms with E-state index >= 15 is 0 Å². The molecule has 5 nitrogen and oxygen atoms in total. The molecule has 1 unspecified atom stereocenters. The van der Waals surface area contributed by atoms with Gasteiger partial charge < -0.3 is 10.4 Å². The highest BCUT2D eigenvalue weighted by atomic mass is 16.3. The van der Waals surface area contributed by atoms with Gasteiger partial charge in [0, 0.05) is 25.6 Å². The van der Waals surface area contributed by atoms with Gasteiger partial charge in [-0.05, 0) is 25.0 Å². The largest absolute Gasteiger partial charge is 0.393 e. The highest BCUT2D eigenvalue weighted by molar-refractivity contribution is 6.02. The molecule has 1 aliphatic rings. The zero-order valence-corrected chi connectivity index (χ0v) is 11.8. The Balaban J connectivity index is 2.09. The van der Waals surface area contributed by atoms with Gasteiger partial charge >= 0.3 is 0 Å². The Morgan fingerprint density at radius 3 is 2.80 bits per heavy atom. The summed E-state index contributed by atoms with van der Waals surface area (Å²) in [4.78, 5) is 25.6. The molecule has 2 amide bonds. The van der Waals surface area contributed by atoms with Crippen molar-refractivity contribution >= 4 is 17.5 Å². The number of carbonyl (C=O) groups is 2. The Hall–Kier alpha value is -1.88. The molecule has 0 aromatic heterocycles. The standard InChI is InChI=1S/C15H20N2O3/c1-10(18)7-8-16-15(20)14-9-12-5-3-4-6-13(12)17(14)11(2)19/h3-6,10,14,18H,7-9H2,1-2H3,(H,16,20)/t10?,14-/m0/s1. The van der Waals surface area contributed by atoms with Gasteiger partial charge in [-0.2, -0.15) is 0 Å². The summed E-state index contributed by atoms with van der Waals surface area (Å²) in [7, 11) is 0. The maximum atomic E-state index is 12.2. The van der Waals surface area contributed by atoms with E-state index in [0.29, 0.717) is 19.4 Å². The van der Waals surface area contributed by atoms with E-state index in [0.717, 1.165) is 11.3 Å². The van der Waals surface area contributed by atoms with Crippen LogP contribution < -0.4 is 10.2 Å². The van der Waals surface area contributed by atoms with Gasteiger partial charge in [-0.15, -0.1) is 0 Å². The maximum Gasteiger partial charge on any atom is 0.243 e. The molecule has 1 aliphatic heterocycles. The summed E-state index contributed by atoms with van der Waals surface area (Å²) in [5, 5.41) is 12.0. The van der Waals surface area contributed by atoms with Crippen molar-refractivity contribution in [2.45, 2.75) is 38.8 Å². The number of para-hydroxylation sites is 1. The molecule has 0 aliphatic carbocycles. The Kier molecular flexibility index (Phi) is 4.39. The quantitative estimate of drug-likeness (QED) is 0.856. The number of benzene rings is 1. The van der Waals surface area contributed by atoms with E-state index in [1.165, 1.54) is 6.92 Å². The number of aliphatic hydroxyl groups is 1. The molecule has 0 saturated heterocycles. The predicted octanol–water partition coefficient (Wildman–Crippen LogP) is 0.851. The van der Waals surface area contributed by atoms with Crippen LogP contribution >= 0.6 is 0 Å². The molecule has 1 aromatic carbocycles. The lowest BCUT2D eigenvalue weighted by molar-refractivity contribution is -0.125. The van der Waals surface area contributed by atoms with E-state index in [2.05, 4.69) is 5.32 Å². The highest BCUT2D eigenvalue weighted by Crippen LogP contribution is 2.32. The lowest BCUT2D eigenvalue weighted by Gasteiger charge is -2.23. The second-order valence-corrected chi connectivity index (χ2v) is 5.17. The molecule has 1 aromatic rings. The fourth-order valence-electron chi connectivity index (χ4n) is 2.51. The Morgan fingerprint density at radius 1 is 1.45 bits per heavy atom. The zero-order chi connectivity index (χ0) is 14.7. The van der Waals surface area contributed by atoms with E-state index in [1.54, 1.807) is 11.8 Å². The summed E-state index contributed by atoms with van der Waals surface area (Å²) in [6.07, 6.45) is 0.599. The third-order valence-electron chi connectivity index (χ3n) is 3.48. The first-order valence-corrected chi connectivity index (χ1v) is 6.84. The molecule has 2 N–H and O–H groups in total. The molecule has 0 fully saturated rings. The summed E-state index contributed by atoms with van der Waals surface area (Å²) in [6, 6.07) is 7.08. The fraction of sp³-hybridized carbons (Fsp3) is 0.467. The number of fused-ring (bicyclic) bond motifs is 1. The molecule has 1 heterocycles. The number of hydrogen-bond acceptors (Lipinski definition) is 3. The molecule has 5 heteroatoms. The van der Waals surface area contributed by atoms with Crippen molar-refractivity contribution in [2.24, 2.45) is 0 Å². The van der Waals surface area contributed by atoms with Crippen LogP contribution in [0.3, 0.4) is 0 Å². The van der Waals surface area contributed by atoms with Crippen LogP contribution in [0.1, 0.15) is 25.8 Å². The predicted molar refractivity (Wildman–Crippen MR) is 76.4 cm³/mol. The second kappa shape index (κ2) is 6.05. The molecule has 0 radical (unpaired) electrons. The second-order valence-electron chi connectivity index (χ2n) is 5.17. The Labute approximate surface area is 118 Å². The highest BCUT2D eigenvalue weighted by Gasteiger charge is 2.36. The molecular weight excluding hydrogens is 256 g/mol. The van der Waals surface area contributed by atoms with Gasteiger partial charge in [-0.3, -0.25) is 14.5 Å². The topological polar surface area (TPSA) is 69.6 Å². The fourth-order valence-corrected chi connectivity index (χ4v) is 2.51. The lowest BCUT2D eigenvalue weighted by Crippen LogP contribution is -2.47. The SMILES string of the molecule is CC(=O)N1c2ccccc2C[C@H]1C(=O)NCCC(C)O. The number of amides is 2. The molecule has 2 atom stereocenters. The summed E-state index contributed by atoms with van der Waals surface area (Å²) in [5.41, 5.74) is 1.83. The van der Waals surface area contributed by atoms with Crippen LogP contribution in [0.25, 0.3) is 0 Å². The Bertz CT molecular complexity index is 514. The van der Waals surface area contributed by atoms with Gasteiger partial charge in [0.1, 0.15) is 6.04 Å². The summed E-state index contributed by atoms with van der Waals surface area (Å²) < 4.78 is 0. The van der Waals surface area contributed by atoms with Gasteiger partial charge in [0.25, 0.3) is 0 Å². The van der Waals surface area contributed by atoms with E-state index in [-0.39, 0.29) is 11.8 Å². The average molecular weight is 276 g/mol. The minimum absolute atomic E-state index is 0.134. The number of nitrogens with zero attached hydrogens (tertiary/aromatic N) is 1. The molecule has 0 saturated carbocycles. The first-order chi connectivity index (χ1) is 9.50. The normalized spacial score (nSPS) is 18.6. The van der Waals surface area contributed by atoms with Crippen LogP contribution in [0.4, 0.5) is 5.69 Å². The molecular formula is C15H20N2O3. The molecule has 20 heavy (non-hydrogen) atoms. The summed E-state index contributed by atoms with van der Waals surface area (Å²) >= 11 is 0. The minimum Gasteiger partial charge on any atom is -0.393 e. The van der Waals surface area contributed by atoms with Crippen molar-refractivity contribution < 1.29 is 14.7 Å². The van der Waals surface area contributed by atoms with Crippen LogP contribution in [0.2, 0.25) is 0 Å². The minimum atomic E-state index is -0.487. The van der Waals surface area contributed by atoms with Gasteiger partial charge in [0.05, 0.1) is 6.10 Å². The number of rotatable bonds is 4. The maximum absolute atomic E-state index is 12.2. The van der Waals surface area contributed by atoms with Crippen molar-refractivity contribution in [1.29, 1.82) is 0 Å². The van der Waals surface area contributed by atoms with Crippen molar-refractivity contribution in [2.75, 3.05) is 11.4 Å². The first-order valence-electron chi connectivity index (χ1n) is 6.84. The van der Waals surface area contributed by atoms with Crippen LogP contribution in [-0.4, -0.2) is 35.6 Å². The van der Waals surface area contributed by atoms with Gasteiger partial charge in [0.15, 0.2) is 0 Å². The van der Waals surface area contributed by atoms with Crippen molar-refractivity contribution in [1.82, 2.24) is 5.32 Å². The third kappa shape index (κ3) is 2.99. The third-order valence-corrected chi connectivity index (χ3v) is 3.48. The smallest absolute Gasteiger partial charge is 0.243 e. The zero-order valence-electron chi connectivity index (χ0n) is 11.8. The van der Waals surface area contributed by atoms with Crippen LogP contribution in [0.15, 0.2) is 24.3 Å². The van der Waals surface area contributed by atoms with Gasteiger partial charge in [0.2, 0.25) is 11.8 Å². The van der Waals surface area contributed by atoms with Crippen molar-refractivity contribution in [3.63, 3.8) is 0 Å². The van der Waals surface area contributed by atoms with Gasteiger partial charge in [-0.1, -0.05) is 18.2 Å². The Morgan fingerprint density at radius 2 is 2.15 bits per heavy atom. The lowest BCUT2D eigenvalue weighted by atomic mass is 10.1. The molecule has 0 bridgehead atoms. The van der Waals surface area contributed by atoms with E-state index in [4.69, 9.17) is 0 Å². The molecule has 108 valence electrons. The van der Waals surface area contributed by atoms with Crippen molar-refractivity contribution in [3.8, 4) is 0 Å². The van der Waals surface area contributed by atoms with E-state index < -0.39 is 12.1 Å². The van der Waals surface area contributed by atoms with Crippen LogP contribution in [0, 0.1) is 0 Å². The van der Waals surface area contributed by atoms with Gasteiger partial charge in [-0.25, -0.2) is 0 Å². The van der Waals surface area contributed by atoms with Crippen LogP contribution in [-0.2, 0) is 16.0 Å². The summed E-state index contributed by atoms with van der Waals surface area (Å²) in [5.74, 6) is -0.303. The number of hydrogen-bond donors (Lipinski definition) is 2. The average Bonchev–Trinajstić information content (AvgIpc) is 2.77. The molecule has 0 spiro atoms. The van der Waals surface area contributed by atoms with E-state index in [9.17, 15) is 14.7 Å². The first kappa shape index (κ1) is 14.5. The monoisotopic (exact) mass is 276 g/mol. The molecule has 2 rings (SSSR count). The van der Waals surface area contributed by atoms with Crippen molar-refractivity contribution in [3.05, 3.63) is 29.8 Å². The number of anilines is 1. The number of nitrogens with one attached hydrogen (secondary N) is 1. The summed E-state index contributed by atoms with van der Waals surface area (Å²) in [6.45, 7) is 3.56.